The Morgan fingerprint density at radius 1 is 1.11 bits per heavy atom. The van der Waals surface area contributed by atoms with Gasteiger partial charge in [0.05, 0.1) is 18.9 Å². The van der Waals surface area contributed by atoms with E-state index in [1.807, 2.05) is 0 Å². The lowest BCUT2D eigenvalue weighted by atomic mass is 10.3. The van der Waals surface area contributed by atoms with Crippen molar-refractivity contribution in [3.05, 3.63) is 60.2 Å². The zero-order chi connectivity index (χ0) is 19.1. The number of thioether (sulfide) groups is 1. The molecule has 8 heteroatoms. The number of hydrogen-bond donors (Lipinski definition) is 0. The van der Waals surface area contributed by atoms with E-state index in [9.17, 15) is 4.39 Å². The van der Waals surface area contributed by atoms with Gasteiger partial charge in [0.25, 0.3) is 0 Å². The molecular weight excluding hydrogens is 367 g/mol. The van der Waals surface area contributed by atoms with E-state index in [-0.39, 0.29) is 12.4 Å². The Morgan fingerprint density at radius 2 is 1.85 bits per heavy atom. The second-order valence-electron chi connectivity index (χ2n) is 5.41. The summed E-state index contributed by atoms with van der Waals surface area (Å²) in [6.07, 6.45) is 0.368. The summed E-state index contributed by atoms with van der Waals surface area (Å²) < 4.78 is 26.9. The standard InChI is InChI=1S/C19H17FN4O2S/c1-25-14-7-9-15(10-8-14)26-13-18-22-23-19(27-12-4-11-21)24(18)17-6-3-2-5-16(17)20/h2-3,5-10H,4,12-13H2,1H3. The molecule has 6 nitrogen and oxygen atoms in total. The van der Waals surface area contributed by atoms with Gasteiger partial charge in [-0.2, -0.15) is 5.26 Å². The van der Waals surface area contributed by atoms with Gasteiger partial charge in [0.2, 0.25) is 0 Å². The number of hydrogen-bond acceptors (Lipinski definition) is 6. The maximum atomic E-state index is 14.4. The van der Waals surface area contributed by atoms with E-state index in [1.165, 1.54) is 17.8 Å². The molecule has 0 spiro atoms. The molecule has 0 bridgehead atoms. The van der Waals surface area contributed by atoms with E-state index in [0.717, 1.165) is 5.75 Å². The Bertz CT molecular complexity index is 938. The molecular formula is C19H17FN4O2S. The van der Waals surface area contributed by atoms with Crippen molar-refractivity contribution >= 4 is 11.8 Å². The van der Waals surface area contributed by atoms with Crippen LogP contribution in [0.5, 0.6) is 11.5 Å². The molecule has 138 valence electrons. The van der Waals surface area contributed by atoms with E-state index >= 15 is 0 Å². The monoisotopic (exact) mass is 384 g/mol. The molecule has 0 N–H and O–H groups in total. The first-order chi connectivity index (χ1) is 13.2. The number of methoxy groups -OCH3 is 1. The number of aromatic nitrogens is 3. The third-order valence-corrected chi connectivity index (χ3v) is 4.60. The zero-order valence-corrected chi connectivity index (χ0v) is 15.4. The van der Waals surface area contributed by atoms with E-state index in [1.54, 1.807) is 54.1 Å². The second-order valence-corrected chi connectivity index (χ2v) is 6.47. The van der Waals surface area contributed by atoms with Crippen LogP contribution in [-0.2, 0) is 6.61 Å². The van der Waals surface area contributed by atoms with Gasteiger partial charge in [-0.15, -0.1) is 10.2 Å². The van der Waals surface area contributed by atoms with Crippen molar-refractivity contribution in [3.63, 3.8) is 0 Å². The molecule has 2 aromatic carbocycles. The third-order valence-electron chi connectivity index (χ3n) is 3.67. The lowest BCUT2D eigenvalue weighted by Gasteiger charge is -2.12. The zero-order valence-electron chi connectivity index (χ0n) is 14.6. The molecule has 0 saturated carbocycles. The lowest BCUT2D eigenvalue weighted by molar-refractivity contribution is 0.292. The van der Waals surface area contributed by atoms with E-state index in [4.69, 9.17) is 14.7 Å². The molecule has 0 radical (unpaired) electrons. The van der Waals surface area contributed by atoms with Crippen molar-refractivity contribution in [2.45, 2.75) is 18.2 Å². The molecule has 0 atom stereocenters. The lowest BCUT2D eigenvalue weighted by Crippen LogP contribution is -2.08. The predicted octanol–water partition coefficient (Wildman–Crippen LogP) is 4.00. The van der Waals surface area contributed by atoms with Gasteiger partial charge >= 0.3 is 0 Å². The van der Waals surface area contributed by atoms with Gasteiger partial charge in [0.1, 0.15) is 23.9 Å². The molecule has 0 fully saturated rings. The van der Waals surface area contributed by atoms with Crippen LogP contribution >= 0.6 is 11.8 Å². The molecule has 0 aliphatic rings. The summed E-state index contributed by atoms with van der Waals surface area (Å²) in [5.74, 6) is 1.99. The van der Waals surface area contributed by atoms with Crippen LogP contribution in [-0.4, -0.2) is 27.6 Å². The molecule has 27 heavy (non-hydrogen) atoms. The first-order valence-corrected chi connectivity index (χ1v) is 9.17. The van der Waals surface area contributed by atoms with Crippen molar-refractivity contribution < 1.29 is 13.9 Å². The summed E-state index contributed by atoms with van der Waals surface area (Å²) in [7, 11) is 1.60. The quantitative estimate of drug-likeness (QED) is 0.432. The fourth-order valence-corrected chi connectivity index (χ4v) is 3.18. The van der Waals surface area contributed by atoms with Crippen LogP contribution in [0.4, 0.5) is 4.39 Å². The number of para-hydroxylation sites is 1. The Morgan fingerprint density at radius 3 is 2.56 bits per heavy atom. The number of ether oxygens (including phenoxy) is 2. The third kappa shape index (κ3) is 4.57. The van der Waals surface area contributed by atoms with Crippen molar-refractivity contribution in [2.75, 3.05) is 12.9 Å². The SMILES string of the molecule is COc1ccc(OCc2nnc(SCCC#N)n2-c2ccccc2F)cc1. The van der Waals surface area contributed by atoms with Crippen molar-refractivity contribution in [1.29, 1.82) is 5.26 Å². The average Bonchev–Trinajstić information content (AvgIpc) is 3.10. The van der Waals surface area contributed by atoms with Crippen molar-refractivity contribution in [3.8, 4) is 23.3 Å². The van der Waals surface area contributed by atoms with Gasteiger partial charge in [0.15, 0.2) is 11.0 Å². The maximum Gasteiger partial charge on any atom is 0.196 e. The van der Waals surface area contributed by atoms with Crippen LogP contribution in [0.3, 0.4) is 0 Å². The number of benzene rings is 2. The largest absolute Gasteiger partial charge is 0.497 e. The van der Waals surface area contributed by atoms with Gasteiger partial charge in [-0.25, -0.2) is 4.39 Å². The van der Waals surface area contributed by atoms with Gasteiger partial charge in [-0.3, -0.25) is 4.57 Å². The molecule has 1 aromatic heterocycles. The van der Waals surface area contributed by atoms with Crippen LogP contribution in [0.1, 0.15) is 12.2 Å². The highest BCUT2D eigenvalue weighted by molar-refractivity contribution is 7.99. The highest BCUT2D eigenvalue weighted by Crippen LogP contribution is 2.25. The summed E-state index contributed by atoms with van der Waals surface area (Å²) >= 11 is 1.35. The number of halogens is 1. The molecule has 0 saturated heterocycles. The highest BCUT2D eigenvalue weighted by Gasteiger charge is 2.17. The molecule has 0 unspecified atom stereocenters. The Kier molecular flexibility index (Phi) is 6.28. The van der Waals surface area contributed by atoms with Gasteiger partial charge in [0, 0.05) is 12.2 Å². The maximum absolute atomic E-state index is 14.4. The molecule has 3 aromatic rings. The molecule has 0 aliphatic heterocycles. The summed E-state index contributed by atoms with van der Waals surface area (Å²) in [6, 6.07) is 15.6. The topological polar surface area (TPSA) is 73.0 Å². The van der Waals surface area contributed by atoms with Crippen LogP contribution in [0.15, 0.2) is 53.7 Å². The minimum atomic E-state index is -0.384. The van der Waals surface area contributed by atoms with Crippen LogP contribution in [0, 0.1) is 17.1 Å². The van der Waals surface area contributed by atoms with Crippen LogP contribution in [0.25, 0.3) is 5.69 Å². The minimum absolute atomic E-state index is 0.118. The fourth-order valence-electron chi connectivity index (χ4n) is 2.37. The Hall–Kier alpha value is -3.05. The molecule has 0 amide bonds. The average molecular weight is 384 g/mol. The number of rotatable bonds is 8. The van der Waals surface area contributed by atoms with Gasteiger partial charge < -0.3 is 9.47 Å². The fraction of sp³-hybridized carbons (Fsp3) is 0.211. The Balaban J connectivity index is 1.85. The summed E-state index contributed by atoms with van der Waals surface area (Å²) in [6.45, 7) is 0.118. The van der Waals surface area contributed by atoms with Crippen LogP contribution in [0.2, 0.25) is 0 Å². The highest BCUT2D eigenvalue weighted by atomic mass is 32.2. The van der Waals surface area contributed by atoms with E-state index in [0.29, 0.717) is 34.6 Å². The normalized spacial score (nSPS) is 10.4. The summed E-state index contributed by atoms with van der Waals surface area (Å²) in [4.78, 5) is 0. The van der Waals surface area contributed by atoms with Crippen molar-refractivity contribution in [1.82, 2.24) is 14.8 Å². The van der Waals surface area contributed by atoms with Gasteiger partial charge in [-0.1, -0.05) is 23.9 Å². The van der Waals surface area contributed by atoms with E-state index < -0.39 is 0 Å². The molecule has 3 rings (SSSR count). The van der Waals surface area contributed by atoms with Gasteiger partial charge in [-0.05, 0) is 36.4 Å². The second kappa shape index (κ2) is 9.05. The smallest absolute Gasteiger partial charge is 0.196 e. The first-order valence-electron chi connectivity index (χ1n) is 8.18. The summed E-state index contributed by atoms with van der Waals surface area (Å²) in [5, 5.41) is 17.5. The molecule has 0 aliphatic carbocycles. The van der Waals surface area contributed by atoms with Crippen LogP contribution < -0.4 is 9.47 Å². The predicted molar refractivity (Wildman–Crippen MR) is 99.6 cm³/mol. The molecule has 1 heterocycles. The minimum Gasteiger partial charge on any atom is -0.497 e. The Labute approximate surface area is 160 Å². The number of nitriles is 1. The number of nitrogens with zero attached hydrogens (tertiary/aromatic N) is 4. The van der Waals surface area contributed by atoms with Crippen molar-refractivity contribution in [2.24, 2.45) is 0 Å². The first kappa shape index (κ1) is 18.7. The summed E-state index contributed by atoms with van der Waals surface area (Å²) in [5.41, 5.74) is 0.343. The van der Waals surface area contributed by atoms with E-state index in [2.05, 4.69) is 16.3 Å².